The molecular formula is C21H27BrClN3O2. The van der Waals surface area contributed by atoms with Crippen LogP contribution in [0.3, 0.4) is 0 Å². The van der Waals surface area contributed by atoms with Gasteiger partial charge in [0.25, 0.3) is 0 Å². The number of rotatable bonds is 9. The average molecular weight is 469 g/mol. The van der Waals surface area contributed by atoms with Gasteiger partial charge in [0.15, 0.2) is 11.5 Å². The van der Waals surface area contributed by atoms with E-state index in [1.807, 2.05) is 30.3 Å². The smallest absolute Gasteiger partial charge is 0.175 e. The van der Waals surface area contributed by atoms with E-state index in [0.717, 1.165) is 61.4 Å². The van der Waals surface area contributed by atoms with Gasteiger partial charge in [-0.05, 0) is 39.7 Å². The van der Waals surface area contributed by atoms with Crippen molar-refractivity contribution >= 4 is 27.5 Å². The zero-order valence-electron chi connectivity index (χ0n) is 16.1. The van der Waals surface area contributed by atoms with Gasteiger partial charge in [-0.25, -0.2) is 0 Å². The predicted molar refractivity (Wildman–Crippen MR) is 117 cm³/mol. The summed E-state index contributed by atoms with van der Waals surface area (Å²) < 4.78 is 12.4. The molecule has 5 nitrogen and oxygen atoms in total. The molecule has 0 saturated carbocycles. The van der Waals surface area contributed by atoms with E-state index in [9.17, 15) is 0 Å². The van der Waals surface area contributed by atoms with Crippen molar-refractivity contribution in [3.05, 3.63) is 57.0 Å². The Hall–Kier alpha value is -1.31. The third kappa shape index (κ3) is 6.09. The molecule has 3 rings (SSSR count). The van der Waals surface area contributed by atoms with Gasteiger partial charge in [0.05, 0.1) is 11.6 Å². The van der Waals surface area contributed by atoms with E-state index in [-0.39, 0.29) is 0 Å². The average Bonchev–Trinajstić information content (AvgIpc) is 2.72. The molecule has 1 fully saturated rings. The van der Waals surface area contributed by atoms with Gasteiger partial charge >= 0.3 is 0 Å². The number of nitrogens with one attached hydrogen (secondary N) is 2. The highest BCUT2D eigenvalue weighted by atomic mass is 79.9. The Kier molecular flexibility index (Phi) is 8.43. The highest BCUT2D eigenvalue weighted by Crippen LogP contribution is 2.37. The fraction of sp³-hybridized carbons (Fsp3) is 0.429. The van der Waals surface area contributed by atoms with Crippen LogP contribution in [0.4, 0.5) is 0 Å². The molecular weight excluding hydrogens is 442 g/mol. The van der Waals surface area contributed by atoms with Crippen LogP contribution >= 0.6 is 27.5 Å². The maximum atomic E-state index is 6.22. The van der Waals surface area contributed by atoms with Crippen molar-refractivity contribution < 1.29 is 9.47 Å². The van der Waals surface area contributed by atoms with Crippen LogP contribution in [-0.4, -0.2) is 51.3 Å². The quantitative estimate of drug-likeness (QED) is 0.550. The van der Waals surface area contributed by atoms with Crippen LogP contribution in [0.5, 0.6) is 11.5 Å². The minimum atomic E-state index is 0.386. The lowest BCUT2D eigenvalue weighted by Crippen LogP contribution is -2.45. The highest BCUT2D eigenvalue weighted by Gasteiger charge is 2.13. The minimum Gasteiger partial charge on any atom is -0.493 e. The Bertz CT molecular complexity index is 769. The second-order valence-electron chi connectivity index (χ2n) is 6.76. The molecule has 2 aromatic rings. The molecule has 0 radical (unpaired) electrons. The van der Waals surface area contributed by atoms with Crippen molar-refractivity contribution in [1.82, 2.24) is 15.5 Å². The molecule has 0 unspecified atom stereocenters. The fourth-order valence-corrected chi connectivity index (χ4v) is 3.98. The van der Waals surface area contributed by atoms with E-state index >= 15 is 0 Å². The Labute approximate surface area is 180 Å². The first-order valence-corrected chi connectivity index (χ1v) is 10.7. The molecule has 1 saturated heterocycles. The van der Waals surface area contributed by atoms with E-state index in [0.29, 0.717) is 23.1 Å². The van der Waals surface area contributed by atoms with Gasteiger partial charge < -0.3 is 20.1 Å². The monoisotopic (exact) mass is 467 g/mol. The summed E-state index contributed by atoms with van der Waals surface area (Å²) in [5.41, 5.74) is 2.09. The summed E-state index contributed by atoms with van der Waals surface area (Å²) in [4.78, 5) is 2.48. The van der Waals surface area contributed by atoms with E-state index in [1.54, 1.807) is 7.11 Å². The van der Waals surface area contributed by atoms with E-state index in [2.05, 4.69) is 37.5 Å². The van der Waals surface area contributed by atoms with Crippen molar-refractivity contribution in [1.29, 1.82) is 0 Å². The molecule has 1 heterocycles. The predicted octanol–water partition coefficient (Wildman–Crippen LogP) is 3.68. The number of ether oxygens (including phenoxy) is 2. The minimum absolute atomic E-state index is 0.386. The van der Waals surface area contributed by atoms with Crippen LogP contribution in [0, 0.1) is 0 Å². The van der Waals surface area contributed by atoms with E-state index in [4.69, 9.17) is 21.1 Å². The Morgan fingerprint density at radius 3 is 2.75 bits per heavy atom. The number of nitrogens with zero attached hydrogens (tertiary/aromatic N) is 1. The van der Waals surface area contributed by atoms with E-state index in [1.165, 1.54) is 0 Å². The van der Waals surface area contributed by atoms with Gasteiger partial charge in [0.2, 0.25) is 0 Å². The Balaban J connectivity index is 1.55. The highest BCUT2D eigenvalue weighted by molar-refractivity contribution is 9.10. The largest absolute Gasteiger partial charge is 0.493 e. The van der Waals surface area contributed by atoms with Crippen LogP contribution in [0.1, 0.15) is 11.1 Å². The van der Waals surface area contributed by atoms with Crippen molar-refractivity contribution in [2.24, 2.45) is 0 Å². The molecule has 7 heteroatoms. The van der Waals surface area contributed by atoms with Gasteiger partial charge in [0.1, 0.15) is 6.61 Å². The zero-order valence-corrected chi connectivity index (χ0v) is 18.5. The molecule has 2 N–H and O–H groups in total. The zero-order chi connectivity index (χ0) is 19.8. The number of methoxy groups -OCH3 is 1. The van der Waals surface area contributed by atoms with Gasteiger partial charge in [0, 0.05) is 56.4 Å². The van der Waals surface area contributed by atoms with Crippen molar-refractivity contribution in [3.63, 3.8) is 0 Å². The standard InChI is InChI=1S/C21H27BrClN3O2/c1-27-20-13-16(14-25-8-11-26-9-6-24-7-10-26)12-18(22)21(20)28-15-17-4-2-3-5-19(17)23/h2-5,12-13,24-25H,6-11,14-15H2,1H3. The lowest BCUT2D eigenvalue weighted by atomic mass is 10.2. The van der Waals surface area contributed by atoms with Crippen LogP contribution in [0.2, 0.25) is 5.02 Å². The molecule has 0 spiro atoms. The molecule has 0 amide bonds. The number of piperazine rings is 1. The molecule has 0 aromatic heterocycles. The Morgan fingerprint density at radius 1 is 1.21 bits per heavy atom. The lowest BCUT2D eigenvalue weighted by Gasteiger charge is -2.27. The van der Waals surface area contributed by atoms with Gasteiger partial charge in [-0.1, -0.05) is 29.8 Å². The molecule has 1 aliphatic rings. The third-order valence-electron chi connectivity index (χ3n) is 4.76. The molecule has 1 aliphatic heterocycles. The SMILES string of the molecule is COc1cc(CNCCN2CCNCC2)cc(Br)c1OCc1ccccc1Cl. The summed E-state index contributed by atoms with van der Waals surface area (Å²) in [7, 11) is 1.66. The van der Waals surface area contributed by atoms with Gasteiger partial charge in [-0.15, -0.1) is 0 Å². The summed E-state index contributed by atoms with van der Waals surface area (Å²) in [5.74, 6) is 1.40. The number of hydrogen-bond donors (Lipinski definition) is 2. The first-order valence-electron chi connectivity index (χ1n) is 9.54. The maximum Gasteiger partial charge on any atom is 0.175 e. The summed E-state index contributed by atoms with van der Waals surface area (Å²) in [6.07, 6.45) is 0. The number of halogens is 2. The second kappa shape index (κ2) is 11.0. The summed E-state index contributed by atoms with van der Waals surface area (Å²) in [6, 6.07) is 11.8. The number of hydrogen-bond acceptors (Lipinski definition) is 5. The lowest BCUT2D eigenvalue weighted by molar-refractivity contribution is 0.241. The Morgan fingerprint density at radius 2 is 2.00 bits per heavy atom. The van der Waals surface area contributed by atoms with Crippen molar-refractivity contribution in [2.45, 2.75) is 13.2 Å². The van der Waals surface area contributed by atoms with Crippen LogP contribution in [-0.2, 0) is 13.2 Å². The van der Waals surface area contributed by atoms with Crippen molar-refractivity contribution in [3.8, 4) is 11.5 Å². The fourth-order valence-electron chi connectivity index (χ4n) is 3.19. The molecule has 152 valence electrons. The molecule has 0 atom stereocenters. The van der Waals surface area contributed by atoms with Gasteiger partial charge in [-0.3, -0.25) is 4.90 Å². The summed E-state index contributed by atoms with van der Waals surface area (Å²) in [5, 5.41) is 7.59. The van der Waals surface area contributed by atoms with E-state index < -0.39 is 0 Å². The topological polar surface area (TPSA) is 45.8 Å². The van der Waals surface area contributed by atoms with Gasteiger partial charge in [-0.2, -0.15) is 0 Å². The normalized spacial score (nSPS) is 14.8. The summed E-state index contributed by atoms with van der Waals surface area (Å²) >= 11 is 9.84. The maximum absolute atomic E-state index is 6.22. The summed E-state index contributed by atoms with van der Waals surface area (Å²) in [6.45, 7) is 7.61. The van der Waals surface area contributed by atoms with Crippen LogP contribution < -0.4 is 20.1 Å². The molecule has 2 aromatic carbocycles. The van der Waals surface area contributed by atoms with Crippen LogP contribution in [0.15, 0.2) is 40.9 Å². The first-order chi connectivity index (χ1) is 13.7. The first kappa shape index (κ1) is 21.4. The van der Waals surface area contributed by atoms with Crippen LogP contribution in [0.25, 0.3) is 0 Å². The van der Waals surface area contributed by atoms with Crippen molar-refractivity contribution in [2.75, 3.05) is 46.4 Å². The molecule has 28 heavy (non-hydrogen) atoms. The molecule has 0 bridgehead atoms. The molecule has 0 aliphatic carbocycles. The number of benzene rings is 2. The second-order valence-corrected chi connectivity index (χ2v) is 8.02. The third-order valence-corrected chi connectivity index (χ3v) is 5.72.